The van der Waals surface area contributed by atoms with Gasteiger partial charge in [0.05, 0.1) is 0 Å². The summed E-state index contributed by atoms with van der Waals surface area (Å²) in [5.41, 5.74) is 7.14. The van der Waals surface area contributed by atoms with Gasteiger partial charge in [0, 0.05) is 18.3 Å². The number of nitrogens with zero attached hydrogens (tertiary/aromatic N) is 4. The molecule has 5 nitrogen and oxygen atoms in total. The van der Waals surface area contributed by atoms with E-state index in [-0.39, 0.29) is 0 Å². The first-order chi connectivity index (χ1) is 7.77. The highest BCUT2D eigenvalue weighted by atomic mass is 15.3. The fourth-order valence-electron chi connectivity index (χ4n) is 2.89. The Balaban J connectivity index is 1.78. The molecule has 2 saturated carbocycles. The van der Waals surface area contributed by atoms with Crippen molar-refractivity contribution >= 4 is 11.5 Å². The van der Waals surface area contributed by atoms with E-state index in [1.165, 1.54) is 25.7 Å². The SMILES string of the molecule is Nc1nccn2c(C3CC4(CC4)C3)nnc12. The zero-order valence-corrected chi connectivity index (χ0v) is 8.93. The molecule has 2 aliphatic carbocycles. The second kappa shape index (κ2) is 2.53. The van der Waals surface area contributed by atoms with Crippen molar-refractivity contribution in [1.29, 1.82) is 0 Å². The summed E-state index contributed by atoms with van der Waals surface area (Å²) < 4.78 is 1.99. The molecular weight excluding hydrogens is 202 g/mol. The Morgan fingerprint density at radius 3 is 2.88 bits per heavy atom. The molecule has 1 spiro atoms. The molecule has 16 heavy (non-hydrogen) atoms. The zero-order chi connectivity index (χ0) is 10.8. The first-order valence-electron chi connectivity index (χ1n) is 5.73. The molecule has 5 heteroatoms. The fourth-order valence-corrected chi connectivity index (χ4v) is 2.89. The number of fused-ring (bicyclic) bond motifs is 1. The van der Waals surface area contributed by atoms with Crippen molar-refractivity contribution in [2.45, 2.75) is 31.6 Å². The second-order valence-electron chi connectivity index (χ2n) is 5.17. The highest BCUT2D eigenvalue weighted by Crippen LogP contribution is 2.65. The van der Waals surface area contributed by atoms with Gasteiger partial charge in [-0.05, 0) is 31.1 Å². The molecule has 0 bridgehead atoms. The van der Waals surface area contributed by atoms with Gasteiger partial charge in [0.25, 0.3) is 0 Å². The number of hydrogen-bond acceptors (Lipinski definition) is 4. The average Bonchev–Trinajstić information content (AvgIpc) is 2.91. The van der Waals surface area contributed by atoms with Crippen LogP contribution >= 0.6 is 0 Å². The number of nitrogens with two attached hydrogens (primary N) is 1. The summed E-state index contributed by atoms with van der Waals surface area (Å²) in [6, 6.07) is 0. The lowest BCUT2D eigenvalue weighted by molar-refractivity contribution is 0.227. The van der Waals surface area contributed by atoms with E-state index in [2.05, 4.69) is 15.2 Å². The van der Waals surface area contributed by atoms with Crippen LogP contribution in [0.1, 0.15) is 37.4 Å². The summed E-state index contributed by atoms with van der Waals surface area (Å²) in [7, 11) is 0. The lowest BCUT2D eigenvalue weighted by Gasteiger charge is -2.34. The number of rotatable bonds is 1. The molecule has 0 aliphatic heterocycles. The van der Waals surface area contributed by atoms with Crippen molar-refractivity contribution in [2.24, 2.45) is 5.41 Å². The van der Waals surface area contributed by atoms with Crippen molar-refractivity contribution < 1.29 is 0 Å². The lowest BCUT2D eigenvalue weighted by atomic mass is 9.71. The summed E-state index contributed by atoms with van der Waals surface area (Å²) in [4.78, 5) is 4.02. The van der Waals surface area contributed by atoms with Crippen LogP contribution in [0.15, 0.2) is 12.4 Å². The van der Waals surface area contributed by atoms with Gasteiger partial charge in [-0.2, -0.15) is 0 Å². The number of hydrogen-bond donors (Lipinski definition) is 1. The van der Waals surface area contributed by atoms with Crippen molar-refractivity contribution in [3.05, 3.63) is 18.2 Å². The third-order valence-corrected chi connectivity index (χ3v) is 4.06. The molecule has 2 aromatic heterocycles. The highest BCUT2D eigenvalue weighted by Gasteiger charge is 2.54. The Labute approximate surface area is 92.7 Å². The zero-order valence-electron chi connectivity index (χ0n) is 8.93. The van der Waals surface area contributed by atoms with Gasteiger partial charge in [0.1, 0.15) is 5.82 Å². The Hall–Kier alpha value is -1.65. The van der Waals surface area contributed by atoms with Crippen molar-refractivity contribution in [3.63, 3.8) is 0 Å². The molecule has 2 fully saturated rings. The minimum atomic E-state index is 0.460. The maximum atomic E-state index is 5.76. The van der Waals surface area contributed by atoms with Crippen molar-refractivity contribution in [1.82, 2.24) is 19.6 Å². The van der Waals surface area contributed by atoms with Crippen LogP contribution in [-0.2, 0) is 0 Å². The largest absolute Gasteiger partial charge is 0.381 e. The molecule has 0 saturated heterocycles. The van der Waals surface area contributed by atoms with Gasteiger partial charge in [-0.15, -0.1) is 10.2 Å². The second-order valence-corrected chi connectivity index (χ2v) is 5.17. The summed E-state index contributed by atoms with van der Waals surface area (Å²) in [5.74, 6) is 2.09. The minimum absolute atomic E-state index is 0.460. The quantitative estimate of drug-likeness (QED) is 0.779. The van der Waals surface area contributed by atoms with Gasteiger partial charge in [-0.25, -0.2) is 4.98 Å². The molecule has 2 heterocycles. The predicted octanol–water partition coefficient (Wildman–Crippen LogP) is 1.36. The summed E-state index contributed by atoms with van der Waals surface area (Å²) in [6.07, 6.45) is 8.97. The van der Waals surface area contributed by atoms with E-state index in [0.717, 1.165) is 5.82 Å². The fraction of sp³-hybridized carbons (Fsp3) is 0.545. The molecule has 2 aliphatic rings. The van der Waals surface area contributed by atoms with Gasteiger partial charge in [-0.3, -0.25) is 4.40 Å². The molecular formula is C11H13N5. The first-order valence-corrected chi connectivity index (χ1v) is 5.73. The topological polar surface area (TPSA) is 69.1 Å². The van der Waals surface area contributed by atoms with E-state index in [9.17, 15) is 0 Å². The number of nitrogen functional groups attached to an aromatic ring is 1. The smallest absolute Gasteiger partial charge is 0.203 e. The Morgan fingerprint density at radius 2 is 2.12 bits per heavy atom. The van der Waals surface area contributed by atoms with E-state index < -0.39 is 0 Å². The standard InChI is InChI=1S/C11H13N5/c12-8-10-15-14-9(16(10)4-3-13-8)7-5-11(6-7)1-2-11/h3-4,7H,1-2,5-6H2,(H2,12,13). The monoisotopic (exact) mass is 215 g/mol. The van der Waals surface area contributed by atoms with Gasteiger partial charge in [-0.1, -0.05) is 0 Å². The minimum Gasteiger partial charge on any atom is -0.381 e. The Morgan fingerprint density at radius 1 is 1.31 bits per heavy atom. The summed E-state index contributed by atoms with van der Waals surface area (Å²) in [5, 5.41) is 8.38. The van der Waals surface area contributed by atoms with Gasteiger partial charge >= 0.3 is 0 Å². The molecule has 0 unspecified atom stereocenters. The highest BCUT2D eigenvalue weighted by molar-refractivity contribution is 5.58. The summed E-state index contributed by atoms with van der Waals surface area (Å²) >= 11 is 0. The van der Waals surface area contributed by atoms with Crippen LogP contribution in [-0.4, -0.2) is 19.6 Å². The van der Waals surface area contributed by atoms with E-state index in [1.54, 1.807) is 6.20 Å². The molecule has 0 amide bonds. The number of aromatic nitrogens is 4. The molecule has 0 aromatic carbocycles. The van der Waals surface area contributed by atoms with Gasteiger partial charge < -0.3 is 5.73 Å². The molecule has 82 valence electrons. The van der Waals surface area contributed by atoms with Crippen LogP contribution in [0.3, 0.4) is 0 Å². The first kappa shape index (κ1) is 8.50. The van der Waals surface area contributed by atoms with E-state index in [0.29, 0.717) is 22.8 Å². The molecule has 4 rings (SSSR count). The summed E-state index contributed by atoms with van der Waals surface area (Å²) in [6.45, 7) is 0. The molecule has 2 aromatic rings. The van der Waals surface area contributed by atoms with Crippen LogP contribution in [0.25, 0.3) is 5.65 Å². The van der Waals surface area contributed by atoms with Crippen LogP contribution in [0, 0.1) is 5.41 Å². The predicted molar refractivity (Wildman–Crippen MR) is 58.8 cm³/mol. The van der Waals surface area contributed by atoms with Gasteiger partial charge in [0.15, 0.2) is 5.82 Å². The van der Waals surface area contributed by atoms with Crippen LogP contribution < -0.4 is 5.73 Å². The van der Waals surface area contributed by atoms with E-state index in [4.69, 9.17) is 5.73 Å². The van der Waals surface area contributed by atoms with Crippen LogP contribution in [0.4, 0.5) is 5.82 Å². The third kappa shape index (κ3) is 0.977. The lowest BCUT2D eigenvalue weighted by Crippen LogP contribution is -2.24. The molecule has 2 N–H and O–H groups in total. The Bertz CT molecular complexity index is 561. The van der Waals surface area contributed by atoms with E-state index in [1.807, 2.05) is 10.6 Å². The molecule has 0 atom stereocenters. The van der Waals surface area contributed by atoms with Crippen LogP contribution in [0.2, 0.25) is 0 Å². The average molecular weight is 215 g/mol. The van der Waals surface area contributed by atoms with Crippen molar-refractivity contribution in [2.75, 3.05) is 5.73 Å². The maximum absolute atomic E-state index is 5.76. The maximum Gasteiger partial charge on any atom is 0.203 e. The Kier molecular flexibility index (Phi) is 1.35. The number of anilines is 1. The normalized spacial score (nSPS) is 22.5. The third-order valence-electron chi connectivity index (χ3n) is 4.06. The van der Waals surface area contributed by atoms with E-state index >= 15 is 0 Å². The van der Waals surface area contributed by atoms with Gasteiger partial charge in [0.2, 0.25) is 5.65 Å². The van der Waals surface area contributed by atoms with Crippen LogP contribution in [0.5, 0.6) is 0 Å². The molecule has 0 radical (unpaired) electrons. The van der Waals surface area contributed by atoms with Crippen molar-refractivity contribution in [3.8, 4) is 0 Å².